The Labute approximate surface area is 180 Å². The molecule has 0 heterocycles. The highest BCUT2D eigenvalue weighted by Crippen LogP contribution is 2.20. The number of amides is 1. The van der Waals surface area contributed by atoms with E-state index in [2.05, 4.69) is 15.5 Å². The molecule has 0 aliphatic heterocycles. The number of sulfone groups is 1. The summed E-state index contributed by atoms with van der Waals surface area (Å²) >= 11 is 5.78. The smallest absolute Gasteiger partial charge is 0.224 e. The Morgan fingerprint density at radius 2 is 1.43 bits per heavy atom. The van der Waals surface area contributed by atoms with Crippen molar-refractivity contribution in [3.8, 4) is 0 Å². The Hall–Kier alpha value is -3.03. The van der Waals surface area contributed by atoms with Crippen molar-refractivity contribution in [2.75, 3.05) is 11.1 Å². The van der Waals surface area contributed by atoms with Crippen molar-refractivity contribution in [1.82, 2.24) is 0 Å². The third-order valence-electron chi connectivity index (χ3n) is 4.18. The van der Waals surface area contributed by atoms with E-state index in [1.807, 2.05) is 30.3 Å². The monoisotopic (exact) mass is 441 g/mol. The summed E-state index contributed by atoms with van der Waals surface area (Å²) in [4.78, 5) is 12.3. The molecule has 0 saturated heterocycles. The predicted octanol–water partition coefficient (Wildman–Crippen LogP) is 5.95. The van der Waals surface area contributed by atoms with Gasteiger partial charge in [0.25, 0.3) is 0 Å². The van der Waals surface area contributed by atoms with Gasteiger partial charge in [-0.1, -0.05) is 29.8 Å². The molecule has 8 heteroatoms. The van der Waals surface area contributed by atoms with E-state index in [9.17, 15) is 13.2 Å². The zero-order chi connectivity index (χ0) is 21.4. The second-order valence-electron chi connectivity index (χ2n) is 6.51. The number of rotatable bonds is 8. The molecule has 6 nitrogen and oxygen atoms in total. The number of azo groups is 1. The minimum absolute atomic E-state index is 0.0995. The summed E-state index contributed by atoms with van der Waals surface area (Å²) in [5.41, 5.74) is 2.02. The number of hydrogen-bond acceptors (Lipinski definition) is 5. The standard InChI is InChI=1S/C22H20ClN3O3S/c23-17-8-14-21(15-9-17)30(28,29)16-4-7-22(27)24-18-10-12-20(13-11-18)26-25-19-5-2-1-3-6-19/h1-3,5-6,8-15H,4,7,16H2,(H,24,27). The first-order valence-electron chi connectivity index (χ1n) is 9.27. The summed E-state index contributed by atoms with van der Waals surface area (Å²) in [6.45, 7) is 0. The first-order chi connectivity index (χ1) is 14.4. The predicted molar refractivity (Wildman–Crippen MR) is 118 cm³/mol. The van der Waals surface area contributed by atoms with Crippen LogP contribution in [0, 0.1) is 0 Å². The molecule has 3 rings (SSSR count). The molecule has 0 unspecified atom stereocenters. The van der Waals surface area contributed by atoms with Gasteiger partial charge in [-0.25, -0.2) is 8.42 Å². The average Bonchev–Trinajstić information content (AvgIpc) is 2.74. The lowest BCUT2D eigenvalue weighted by Gasteiger charge is -2.07. The van der Waals surface area contributed by atoms with E-state index in [-0.39, 0.29) is 29.4 Å². The summed E-state index contributed by atoms with van der Waals surface area (Å²) in [6, 6.07) is 22.3. The molecule has 0 radical (unpaired) electrons. The van der Waals surface area contributed by atoms with Crippen LogP contribution < -0.4 is 5.32 Å². The van der Waals surface area contributed by atoms with Crippen LogP contribution in [0.3, 0.4) is 0 Å². The maximum atomic E-state index is 12.3. The lowest BCUT2D eigenvalue weighted by molar-refractivity contribution is -0.116. The second kappa shape index (κ2) is 10.1. The van der Waals surface area contributed by atoms with Crippen molar-refractivity contribution in [3.05, 3.63) is 83.9 Å². The van der Waals surface area contributed by atoms with Gasteiger partial charge in [-0.05, 0) is 67.1 Å². The highest BCUT2D eigenvalue weighted by atomic mass is 35.5. The SMILES string of the molecule is O=C(CCCS(=O)(=O)c1ccc(Cl)cc1)Nc1ccc(N=Nc2ccccc2)cc1. The average molecular weight is 442 g/mol. The van der Waals surface area contributed by atoms with Gasteiger partial charge in [-0.2, -0.15) is 10.2 Å². The first-order valence-corrected chi connectivity index (χ1v) is 11.3. The Kier molecular flexibility index (Phi) is 7.32. The van der Waals surface area contributed by atoms with Gasteiger partial charge in [0.05, 0.1) is 22.0 Å². The van der Waals surface area contributed by atoms with Gasteiger partial charge < -0.3 is 5.32 Å². The van der Waals surface area contributed by atoms with Crippen LogP contribution in [0.25, 0.3) is 0 Å². The van der Waals surface area contributed by atoms with E-state index in [0.29, 0.717) is 16.4 Å². The lowest BCUT2D eigenvalue weighted by atomic mass is 10.2. The molecule has 0 spiro atoms. The van der Waals surface area contributed by atoms with Crippen LogP contribution in [0.15, 0.2) is 94.0 Å². The quantitative estimate of drug-likeness (QED) is 0.438. The number of carbonyl (C=O) groups is 1. The van der Waals surface area contributed by atoms with E-state index < -0.39 is 9.84 Å². The van der Waals surface area contributed by atoms with Crippen molar-refractivity contribution in [2.24, 2.45) is 10.2 Å². The molecule has 0 saturated carbocycles. The molecule has 0 bridgehead atoms. The number of benzene rings is 3. The fourth-order valence-electron chi connectivity index (χ4n) is 2.63. The van der Waals surface area contributed by atoms with Crippen molar-refractivity contribution >= 4 is 44.4 Å². The summed E-state index contributed by atoms with van der Waals surface area (Å²) in [7, 11) is -3.44. The van der Waals surface area contributed by atoms with Crippen LogP contribution in [0.4, 0.5) is 17.1 Å². The van der Waals surface area contributed by atoms with Crippen molar-refractivity contribution < 1.29 is 13.2 Å². The third-order valence-corrected chi connectivity index (χ3v) is 6.25. The number of hydrogen-bond donors (Lipinski definition) is 1. The van der Waals surface area contributed by atoms with Gasteiger partial charge in [0, 0.05) is 17.1 Å². The molecular formula is C22H20ClN3O3S. The Bertz CT molecular complexity index is 1110. The zero-order valence-corrected chi connectivity index (χ0v) is 17.6. The van der Waals surface area contributed by atoms with Gasteiger partial charge in [0.1, 0.15) is 0 Å². The highest BCUT2D eigenvalue weighted by Gasteiger charge is 2.15. The Balaban J connectivity index is 1.48. The van der Waals surface area contributed by atoms with Gasteiger partial charge in [-0.3, -0.25) is 4.79 Å². The fraction of sp³-hybridized carbons (Fsp3) is 0.136. The van der Waals surface area contributed by atoms with Crippen LogP contribution in [-0.2, 0) is 14.6 Å². The van der Waals surface area contributed by atoms with Crippen LogP contribution in [0.1, 0.15) is 12.8 Å². The molecule has 3 aromatic carbocycles. The molecule has 1 amide bonds. The van der Waals surface area contributed by atoms with Gasteiger partial charge in [0.15, 0.2) is 9.84 Å². The summed E-state index contributed by atoms with van der Waals surface area (Å²) in [5, 5.41) is 11.5. The van der Waals surface area contributed by atoms with Gasteiger partial charge in [0.2, 0.25) is 5.91 Å². The molecule has 30 heavy (non-hydrogen) atoms. The van der Waals surface area contributed by atoms with Crippen molar-refractivity contribution in [2.45, 2.75) is 17.7 Å². The molecule has 154 valence electrons. The normalized spacial score (nSPS) is 11.5. The van der Waals surface area contributed by atoms with E-state index in [1.54, 1.807) is 24.3 Å². The van der Waals surface area contributed by atoms with Crippen molar-refractivity contribution in [1.29, 1.82) is 0 Å². The molecule has 1 N–H and O–H groups in total. The fourth-order valence-corrected chi connectivity index (χ4v) is 4.06. The summed E-state index contributed by atoms with van der Waals surface area (Å²) < 4.78 is 24.6. The van der Waals surface area contributed by atoms with Gasteiger partial charge in [-0.15, -0.1) is 0 Å². The van der Waals surface area contributed by atoms with Crippen LogP contribution in [-0.4, -0.2) is 20.1 Å². The van der Waals surface area contributed by atoms with E-state index in [1.165, 1.54) is 24.3 Å². The highest BCUT2D eigenvalue weighted by molar-refractivity contribution is 7.91. The molecule has 0 fully saturated rings. The van der Waals surface area contributed by atoms with E-state index >= 15 is 0 Å². The second-order valence-corrected chi connectivity index (χ2v) is 9.05. The molecule has 0 aliphatic rings. The number of halogens is 1. The minimum atomic E-state index is -3.44. The summed E-state index contributed by atoms with van der Waals surface area (Å²) in [6.07, 6.45) is 0.322. The molecule has 0 aliphatic carbocycles. The van der Waals surface area contributed by atoms with Crippen LogP contribution in [0.2, 0.25) is 5.02 Å². The maximum Gasteiger partial charge on any atom is 0.224 e. The molecule has 0 aromatic heterocycles. The number of nitrogens with one attached hydrogen (secondary N) is 1. The topological polar surface area (TPSA) is 88.0 Å². The first kappa shape index (κ1) is 21.7. The zero-order valence-electron chi connectivity index (χ0n) is 16.0. The number of carbonyl (C=O) groups excluding carboxylic acids is 1. The molecule has 3 aromatic rings. The number of nitrogens with zero attached hydrogens (tertiary/aromatic N) is 2. The van der Waals surface area contributed by atoms with Crippen LogP contribution in [0.5, 0.6) is 0 Å². The van der Waals surface area contributed by atoms with Crippen LogP contribution >= 0.6 is 11.6 Å². The molecule has 0 atom stereocenters. The maximum absolute atomic E-state index is 12.3. The third kappa shape index (κ3) is 6.50. The lowest BCUT2D eigenvalue weighted by Crippen LogP contribution is -2.14. The largest absolute Gasteiger partial charge is 0.326 e. The van der Waals surface area contributed by atoms with E-state index in [4.69, 9.17) is 11.6 Å². The minimum Gasteiger partial charge on any atom is -0.326 e. The Morgan fingerprint density at radius 3 is 2.07 bits per heavy atom. The van der Waals surface area contributed by atoms with Crippen molar-refractivity contribution in [3.63, 3.8) is 0 Å². The Morgan fingerprint density at radius 1 is 0.833 bits per heavy atom. The molecular weight excluding hydrogens is 422 g/mol. The summed E-state index contributed by atoms with van der Waals surface area (Å²) in [5.74, 6) is -0.360. The van der Waals surface area contributed by atoms with Gasteiger partial charge >= 0.3 is 0 Å². The van der Waals surface area contributed by atoms with E-state index in [0.717, 1.165) is 5.69 Å². The number of anilines is 1.